The Balaban J connectivity index is 0.00000225. The fraction of sp³-hybridized carbons (Fsp3) is 0.333. The molecule has 0 unspecified atom stereocenters. The Hall–Kier alpha value is -0.700. The summed E-state index contributed by atoms with van der Waals surface area (Å²) >= 11 is 5.63. The molecule has 0 saturated carbocycles. The van der Waals surface area contributed by atoms with E-state index in [9.17, 15) is 0 Å². The molecule has 0 spiro atoms. The molecule has 0 amide bonds. The Bertz CT molecular complexity index is 340. The van der Waals surface area contributed by atoms with Crippen LogP contribution in [-0.2, 0) is 6.42 Å². The average molecular weight is 262 g/mol. The number of methoxy groups -OCH3 is 1. The minimum absolute atomic E-state index is 0. The van der Waals surface area contributed by atoms with E-state index in [1.165, 1.54) is 5.56 Å². The number of nitrogens with two attached hydrogens (primary N) is 1. The molecule has 1 rings (SSSR count). The molecule has 0 aliphatic carbocycles. The normalized spacial score (nSPS) is 10.8. The molecule has 0 atom stereocenters. The van der Waals surface area contributed by atoms with Crippen LogP contribution in [0.25, 0.3) is 0 Å². The van der Waals surface area contributed by atoms with Gasteiger partial charge >= 0.3 is 0 Å². The predicted molar refractivity (Wildman–Crippen MR) is 71.6 cm³/mol. The third-order valence-corrected chi connectivity index (χ3v) is 2.59. The van der Waals surface area contributed by atoms with Gasteiger partial charge in [-0.15, -0.1) is 12.4 Å². The molecule has 0 aromatic heterocycles. The molecule has 4 heteroatoms. The molecular formula is C12H17Cl2NO. The molecule has 0 radical (unpaired) electrons. The van der Waals surface area contributed by atoms with Gasteiger partial charge in [0.25, 0.3) is 0 Å². The number of hydrogen-bond donors (Lipinski definition) is 1. The number of halogens is 2. The van der Waals surface area contributed by atoms with Crippen LogP contribution in [0.1, 0.15) is 12.0 Å². The minimum Gasteiger partial charge on any atom is -0.497 e. The zero-order valence-electron chi connectivity index (χ0n) is 9.28. The lowest BCUT2D eigenvalue weighted by Gasteiger charge is -2.05. The van der Waals surface area contributed by atoms with Crippen LogP contribution in [-0.4, -0.2) is 13.7 Å². The van der Waals surface area contributed by atoms with Crippen LogP contribution in [0, 0.1) is 0 Å². The summed E-state index contributed by atoms with van der Waals surface area (Å²) in [6, 6.07) is 8.03. The zero-order valence-corrected chi connectivity index (χ0v) is 10.9. The van der Waals surface area contributed by atoms with Gasteiger partial charge in [0.15, 0.2) is 0 Å². The molecule has 0 aliphatic rings. The van der Waals surface area contributed by atoms with E-state index in [1.54, 1.807) is 12.6 Å². The Morgan fingerprint density at radius 2 is 2.25 bits per heavy atom. The van der Waals surface area contributed by atoms with Crippen molar-refractivity contribution in [2.75, 3.05) is 13.7 Å². The number of ether oxygens (including phenoxy) is 1. The zero-order chi connectivity index (χ0) is 11.1. The molecule has 90 valence electrons. The van der Waals surface area contributed by atoms with E-state index < -0.39 is 0 Å². The highest BCUT2D eigenvalue weighted by Crippen LogP contribution is 2.15. The van der Waals surface area contributed by atoms with Crippen molar-refractivity contribution >= 4 is 24.0 Å². The maximum atomic E-state index is 5.63. The smallest absolute Gasteiger partial charge is 0.119 e. The summed E-state index contributed by atoms with van der Waals surface area (Å²) in [7, 11) is 1.67. The van der Waals surface area contributed by atoms with Gasteiger partial charge in [-0.3, -0.25) is 0 Å². The predicted octanol–water partition coefficient (Wildman–Crippen LogP) is 3.13. The maximum absolute atomic E-state index is 5.63. The first-order chi connectivity index (χ1) is 7.30. The molecule has 0 fully saturated rings. The summed E-state index contributed by atoms with van der Waals surface area (Å²) in [5, 5.41) is 0. The molecule has 16 heavy (non-hydrogen) atoms. The van der Waals surface area contributed by atoms with E-state index >= 15 is 0 Å². The van der Waals surface area contributed by atoms with Gasteiger partial charge in [-0.2, -0.15) is 0 Å². The van der Waals surface area contributed by atoms with Crippen molar-refractivity contribution < 1.29 is 4.74 Å². The summed E-state index contributed by atoms with van der Waals surface area (Å²) < 4.78 is 5.15. The third-order valence-electron chi connectivity index (χ3n) is 2.29. The fourth-order valence-corrected chi connectivity index (χ4v) is 1.53. The van der Waals surface area contributed by atoms with Crippen LogP contribution in [0.3, 0.4) is 0 Å². The number of rotatable bonds is 5. The molecule has 1 aromatic rings. The first kappa shape index (κ1) is 15.3. The SMILES string of the molecule is COc1cccc(CC/C(=C/Cl)CN)c1.Cl. The van der Waals surface area contributed by atoms with Gasteiger partial charge in [-0.1, -0.05) is 23.7 Å². The Kier molecular flexibility index (Phi) is 8.08. The van der Waals surface area contributed by atoms with E-state index in [1.807, 2.05) is 18.2 Å². The van der Waals surface area contributed by atoms with Gasteiger partial charge in [0, 0.05) is 12.1 Å². The van der Waals surface area contributed by atoms with Crippen molar-refractivity contribution in [3.63, 3.8) is 0 Å². The van der Waals surface area contributed by atoms with E-state index in [0.717, 1.165) is 24.2 Å². The highest BCUT2D eigenvalue weighted by atomic mass is 35.5. The summed E-state index contributed by atoms with van der Waals surface area (Å²) in [6.07, 6.45) is 1.83. The third kappa shape index (κ3) is 4.88. The quantitative estimate of drug-likeness (QED) is 0.884. The van der Waals surface area contributed by atoms with Gasteiger partial charge in [-0.05, 0) is 36.1 Å². The van der Waals surface area contributed by atoms with Crippen LogP contribution < -0.4 is 10.5 Å². The van der Waals surface area contributed by atoms with Crippen molar-refractivity contribution in [1.29, 1.82) is 0 Å². The fourth-order valence-electron chi connectivity index (χ4n) is 1.33. The minimum atomic E-state index is 0. The van der Waals surface area contributed by atoms with Crippen LogP contribution >= 0.6 is 24.0 Å². The van der Waals surface area contributed by atoms with Crippen molar-refractivity contribution in [2.24, 2.45) is 5.73 Å². The summed E-state index contributed by atoms with van der Waals surface area (Å²) in [6.45, 7) is 0.521. The molecule has 2 N–H and O–H groups in total. The Morgan fingerprint density at radius 3 is 2.81 bits per heavy atom. The van der Waals surface area contributed by atoms with Crippen LogP contribution in [0.2, 0.25) is 0 Å². The van der Waals surface area contributed by atoms with E-state index in [2.05, 4.69) is 6.07 Å². The second kappa shape index (κ2) is 8.45. The maximum Gasteiger partial charge on any atom is 0.119 e. The van der Waals surface area contributed by atoms with Crippen LogP contribution in [0.15, 0.2) is 35.4 Å². The molecule has 1 aromatic carbocycles. The molecule has 2 nitrogen and oxygen atoms in total. The topological polar surface area (TPSA) is 35.2 Å². The number of aryl methyl sites for hydroxylation is 1. The standard InChI is InChI=1S/C12H16ClNO.ClH/c1-15-12-4-2-3-10(7-12)5-6-11(8-13)9-14;/h2-4,7-8H,5-6,9,14H2,1H3;1H/b11-8-;. The molecule has 0 saturated heterocycles. The second-order valence-corrected chi connectivity index (χ2v) is 3.54. The number of benzene rings is 1. The molecule has 0 bridgehead atoms. The van der Waals surface area contributed by atoms with Crippen molar-refractivity contribution in [3.05, 3.63) is 40.9 Å². The largest absolute Gasteiger partial charge is 0.497 e. The lowest BCUT2D eigenvalue weighted by atomic mass is 10.1. The lowest BCUT2D eigenvalue weighted by Crippen LogP contribution is -2.03. The Morgan fingerprint density at radius 1 is 1.50 bits per heavy atom. The van der Waals surface area contributed by atoms with E-state index in [4.69, 9.17) is 22.1 Å². The van der Waals surface area contributed by atoms with Crippen LogP contribution in [0.4, 0.5) is 0 Å². The van der Waals surface area contributed by atoms with Gasteiger partial charge < -0.3 is 10.5 Å². The van der Waals surface area contributed by atoms with E-state index in [0.29, 0.717) is 6.54 Å². The summed E-state index contributed by atoms with van der Waals surface area (Å²) in [5.41, 5.74) is 9.40. The van der Waals surface area contributed by atoms with Gasteiger partial charge in [-0.25, -0.2) is 0 Å². The highest BCUT2D eigenvalue weighted by molar-refractivity contribution is 6.25. The lowest BCUT2D eigenvalue weighted by molar-refractivity contribution is 0.414. The van der Waals surface area contributed by atoms with E-state index in [-0.39, 0.29) is 12.4 Å². The van der Waals surface area contributed by atoms with Crippen molar-refractivity contribution in [3.8, 4) is 5.75 Å². The second-order valence-electron chi connectivity index (χ2n) is 3.32. The first-order valence-corrected chi connectivity index (χ1v) is 5.35. The van der Waals surface area contributed by atoms with Crippen LogP contribution in [0.5, 0.6) is 5.75 Å². The van der Waals surface area contributed by atoms with Gasteiger partial charge in [0.1, 0.15) is 5.75 Å². The van der Waals surface area contributed by atoms with Crippen molar-refractivity contribution in [1.82, 2.24) is 0 Å². The molecule has 0 aliphatic heterocycles. The monoisotopic (exact) mass is 261 g/mol. The van der Waals surface area contributed by atoms with Gasteiger partial charge in [0.05, 0.1) is 7.11 Å². The first-order valence-electron chi connectivity index (χ1n) is 4.91. The summed E-state index contributed by atoms with van der Waals surface area (Å²) in [5.74, 6) is 0.886. The average Bonchev–Trinajstić information content (AvgIpc) is 2.31. The molecule has 0 heterocycles. The Labute approximate surface area is 108 Å². The number of hydrogen-bond acceptors (Lipinski definition) is 2. The molecular weight excluding hydrogens is 245 g/mol. The van der Waals surface area contributed by atoms with Crippen molar-refractivity contribution in [2.45, 2.75) is 12.8 Å². The highest BCUT2D eigenvalue weighted by Gasteiger charge is 1.98. The summed E-state index contributed by atoms with van der Waals surface area (Å²) in [4.78, 5) is 0. The van der Waals surface area contributed by atoms with Gasteiger partial charge in [0.2, 0.25) is 0 Å².